The van der Waals surface area contributed by atoms with Gasteiger partial charge in [0.05, 0.1) is 13.8 Å². The predicted molar refractivity (Wildman–Crippen MR) is 45.1 cm³/mol. The lowest BCUT2D eigenvalue weighted by molar-refractivity contribution is 0.381. The molecule has 0 radical (unpaired) electrons. The first-order valence-electron chi connectivity index (χ1n) is 3.50. The maximum atomic E-state index is 5.61. The van der Waals surface area contributed by atoms with E-state index in [-0.39, 0.29) is 6.01 Å². The van der Waals surface area contributed by atoms with Crippen molar-refractivity contribution in [3.63, 3.8) is 0 Å². The summed E-state index contributed by atoms with van der Waals surface area (Å²) < 4.78 is 4.85. The average molecular weight is 167 g/mol. The molecule has 4 N–H and O–H groups in total. The largest absolute Gasteiger partial charge is 0.467 e. The Labute approximate surface area is 69.1 Å². The maximum Gasteiger partial charge on any atom is 0.320 e. The van der Waals surface area contributed by atoms with Crippen LogP contribution < -0.4 is 21.1 Å². The van der Waals surface area contributed by atoms with Gasteiger partial charge in [0, 0.05) is 0 Å². The molecule has 1 aliphatic rings. The van der Waals surface area contributed by atoms with Gasteiger partial charge in [-0.05, 0) is 0 Å². The third kappa shape index (κ3) is 0.884. The first-order chi connectivity index (χ1) is 5.81. The van der Waals surface area contributed by atoms with Gasteiger partial charge in [0.15, 0.2) is 11.6 Å². The molecule has 1 aromatic heterocycles. The van der Waals surface area contributed by atoms with Crippen LogP contribution in [-0.4, -0.2) is 23.7 Å². The monoisotopic (exact) mass is 167 g/mol. The molecule has 64 valence electrons. The van der Waals surface area contributed by atoms with Crippen LogP contribution in [0.2, 0.25) is 0 Å². The number of ether oxygens (including phenoxy) is 1. The molecule has 1 aromatic rings. The lowest BCUT2D eigenvalue weighted by Gasteiger charge is -2.03. The molecule has 0 spiro atoms. The summed E-state index contributed by atoms with van der Waals surface area (Å²) in [5.74, 6) is 1.10. The summed E-state index contributed by atoms with van der Waals surface area (Å²) in [6.45, 7) is 0.626. The van der Waals surface area contributed by atoms with Crippen LogP contribution in [0.1, 0.15) is 0 Å². The molecule has 0 atom stereocenters. The van der Waals surface area contributed by atoms with Gasteiger partial charge < -0.3 is 21.1 Å². The van der Waals surface area contributed by atoms with Crippen molar-refractivity contribution < 1.29 is 4.74 Å². The van der Waals surface area contributed by atoms with Crippen molar-refractivity contribution in [2.45, 2.75) is 0 Å². The van der Waals surface area contributed by atoms with E-state index in [1.807, 2.05) is 0 Å². The summed E-state index contributed by atoms with van der Waals surface area (Å²) in [4.78, 5) is 7.95. The number of aromatic nitrogens is 2. The number of anilines is 3. The zero-order valence-electron chi connectivity index (χ0n) is 6.59. The number of fused-ring (bicyclic) bond motifs is 1. The lowest BCUT2D eigenvalue weighted by atomic mass is 10.4. The van der Waals surface area contributed by atoms with Crippen LogP contribution in [0.25, 0.3) is 0 Å². The zero-order valence-corrected chi connectivity index (χ0v) is 6.59. The number of methoxy groups -OCH3 is 1. The van der Waals surface area contributed by atoms with Crippen molar-refractivity contribution in [2.24, 2.45) is 0 Å². The molecule has 0 fully saturated rings. The number of hydrogen-bond acceptors (Lipinski definition) is 6. The fraction of sp³-hybridized carbons (Fsp3) is 0.333. The highest BCUT2D eigenvalue weighted by atomic mass is 16.5. The standard InChI is InChI=1S/C6H9N5O/c1-12-6-10-4(7)3-5(11-6)9-2-8-3/h8H,2H2,1H3,(H3,7,9,10,11). The second kappa shape index (κ2) is 2.40. The van der Waals surface area contributed by atoms with E-state index in [1.54, 1.807) is 0 Å². The summed E-state index contributed by atoms with van der Waals surface area (Å²) in [6.07, 6.45) is 0. The number of hydrogen-bond donors (Lipinski definition) is 3. The van der Waals surface area contributed by atoms with E-state index in [2.05, 4.69) is 20.6 Å². The normalized spacial score (nSPS) is 13.1. The van der Waals surface area contributed by atoms with E-state index in [0.29, 0.717) is 18.3 Å². The summed E-state index contributed by atoms with van der Waals surface area (Å²) in [5, 5.41) is 6.00. The fourth-order valence-corrected chi connectivity index (χ4v) is 1.07. The van der Waals surface area contributed by atoms with Crippen LogP contribution in [0.15, 0.2) is 0 Å². The van der Waals surface area contributed by atoms with Crippen LogP contribution >= 0.6 is 0 Å². The molecule has 2 rings (SSSR count). The molecule has 2 heterocycles. The molecule has 0 saturated heterocycles. The first-order valence-corrected chi connectivity index (χ1v) is 3.50. The Hall–Kier alpha value is -1.72. The zero-order chi connectivity index (χ0) is 8.55. The van der Waals surface area contributed by atoms with Crippen molar-refractivity contribution in [1.29, 1.82) is 0 Å². The highest BCUT2D eigenvalue weighted by Gasteiger charge is 2.16. The van der Waals surface area contributed by atoms with Crippen LogP contribution in [0, 0.1) is 0 Å². The number of rotatable bonds is 1. The van der Waals surface area contributed by atoms with E-state index in [1.165, 1.54) is 7.11 Å². The predicted octanol–water partition coefficient (Wildman–Crippen LogP) is -0.138. The molecule has 1 aliphatic heterocycles. The fourth-order valence-electron chi connectivity index (χ4n) is 1.07. The Kier molecular flexibility index (Phi) is 1.39. The quantitative estimate of drug-likeness (QED) is 0.540. The number of nitrogens with one attached hydrogen (secondary N) is 2. The smallest absolute Gasteiger partial charge is 0.320 e. The van der Waals surface area contributed by atoms with Crippen molar-refractivity contribution in [3.8, 4) is 6.01 Å². The third-order valence-corrected chi connectivity index (χ3v) is 1.62. The SMILES string of the molecule is COc1nc(N)c2c(n1)NCN2. The molecule has 0 bridgehead atoms. The lowest BCUT2D eigenvalue weighted by Crippen LogP contribution is -2.00. The van der Waals surface area contributed by atoms with Gasteiger partial charge in [-0.2, -0.15) is 9.97 Å². The van der Waals surface area contributed by atoms with Crippen molar-refractivity contribution in [3.05, 3.63) is 0 Å². The molecule has 6 nitrogen and oxygen atoms in total. The Morgan fingerprint density at radius 3 is 3.00 bits per heavy atom. The minimum Gasteiger partial charge on any atom is -0.467 e. The van der Waals surface area contributed by atoms with Crippen molar-refractivity contribution in [1.82, 2.24) is 9.97 Å². The molecule has 6 heteroatoms. The molecule has 0 aliphatic carbocycles. The van der Waals surface area contributed by atoms with Gasteiger partial charge in [0.2, 0.25) is 0 Å². The first kappa shape index (κ1) is 6.96. The van der Waals surface area contributed by atoms with E-state index in [9.17, 15) is 0 Å². The van der Waals surface area contributed by atoms with Gasteiger partial charge >= 0.3 is 6.01 Å². The van der Waals surface area contributed by atoms with Gasteiger partial charge in [-0.1, -0.05) is 0 Å². The van der Waals surface area contributed by atoms with Gasteiger partial charge in [-0.15, -0.1) is 0 Å². The number of nitrogen functional groups attached to an aromatic ring is 1. The molecule has 0 unspecified atom stereocenters. The molecule has 0 amide bonds. The van der Waals surface area contributed by atoms with Crippen molar-refractivity contribution in [2.75, 3.05) is 30.1 Å². The minimum atomic E-state index is 0.280. The van der Waals surface area contributed by atoms with Gasteiger partial charge in [-0.3, -0.25) is 0 Å². The van der Waals surface area contributed by atoms with Gasteiger partial charge in [0.25, 0.3) is 0 Å². The topological polar surface area (TPSA) is 85.1 Å². The van der Waals surface area contributed by atoms with Crippen LogP contribution in [-0.2, 0) is 0 Å². The molecular weight excluding hydrogens is 158 g/mol. The Bertz CT molecular complexity index is 313. The van der Waals surface area contributed by atoms with Crippen LogP contribution in [0.5, 0.6) is 6.01 Å². The van der Waals surface area contributed by atoms with Crippen LogP contribution in [0.4, 0.5) is 17.3 Å². The Balaban J connectivity index is 2.51. The third-order valence-electron chi connectivity index (χ3n) is 1.62. The number of nitrogens with zero attached hydrogens (tertiary/aromatic N) is 2. The highest BCUT2D eigenvalue weighted by molar-refractivity contribution is 5.79. The van der Waals surface area contributed by atoms with Gasteiger partial charge in [-0.25, -0.2) is 0 Å². The van der Waals surface area contributed by atoms with E-state index in [4.69, 9.17) is 10.5 Å². The minimum absolute atomic E-state index is 0.280. The summed E-state index contributed by atoms with van der Waals surface area (Å²) in [7, 11) is 1.50. The Morgan fingerprint density at radius 1 is 1.42 bits per heavy atom. The van der Waals surface area contributed by atoms with Gasteiger partial charge in [0.1, 0.15) is 5.69 Å². The van der Waals surface area contributed by atoms with E-state index >= 15 is 0 Å². The molecule has 12 heavy (non-hydrogen) atoms. The molecule has 0 aromatic carbocycles. The Morgan fingerprint density at radius 2 is 2.25 bits per heavy atom. The van der Waals surface area contributed by atoms with Crippen LogP contribution in [0.3, 0.4) is 0 Å². The molecule has 0 saturated carbocycles. The maximum absolute atomic E-state index is 5.61. The summed E-state index contributed by atoms with van der Waals surface area (Å²) in [6, 6.07) is 0.280. The van der Waals surface area contributed by atoms with E-state index < -0.39 is 0 Å². The van der Waals surface area contributed by atoms with Crippen molar-refractivity contribution >= 4 is 17.3 Å². The summed E-state index contributed by atoms with van der Waals surface area (Å²) in [5.41, 5.74) is 6.36. The number of nitrogens with two attached hydrogens (primary N) is 1. The second-order valence-electron chi connectivity index (χ2n) is 2.35. The summed E-state index contributed by atoms with van der Waals surface area (Å²) >= 11 is 0. The highest BCUT2D eigenvalue weighted by Crippen LogP contribution is 2.30. The molecular formula is C6H9N5O. The average Bonchev–Trinajstić information content (AvgIpc) is 2.52. The van der Waals surface area contributed by atoms with E-state index in [0.717, 1.165) is 5.69 Å². The second-order valence-corrected chi connectivity index (χ2v) is 2.35.